The molecule has 0 bridgehead atoms. The molecule has 0 saturated heterocycles. The first-order chi connectivity index (χ1) is 9.60. The number of fused-ring (bicyclic) bond motifs is 1. The molecule has 0 atom stereocenters. The minimum atomic E-state index is -0.725. The van der Waals surface area contributed by atoms with Gasteiger partial charge in [-0.3, -0.25) is 0 Å². The second-order valence-corrected chi connectivity index (χ2v) is 4.12. The minimum absolute atomic E-state index is 0.157. The van der Waals surface area contributed by atoms with Crippen LogP contribution in [0.1, 0.15) is 5.56 Å². The van der Waals surface area contributed by atoms with Gasteiger partial charge in [-0.1, -0.05) is 0 Å². The molecule has 0 aliphatic carbocycles. The molecule has 0 aliphatic heterocycles. The van der Waals surface area contributed by atoms with Crippen molar-refractivity contribution in [2.75, 3.05) is 5.73 Å². The van der Waals surface area contributed by atoms with Gasteiger partial charge in [0.2, 0.25) is 0 Å². The lowest BCUT2D eigenvalue weighted by Gasteiger charge is -2.01. The van der Waals surface area contributed by atoms with Gasteiger partial charge >= 0.3 is 0 Å². The topological polar surface area (TPSA) is 91.4 Å². The molecule has 3 N–H and O–H groups in total. The van der Waals surface area contributed by atoms with E-state index in [0.717, 1.165) is 12.3 Å². The fraction of sp³-hybridized carbons (Fsp3) is 0. The average molecular weight is 271 g/mol. The van der Waals surface area contributed by atoms with Crippen LogP contribution in [0.5, 0.6) is 0 Å². The Kier molecular flexibility index (Phi) is 2.57. The van der Waals surface area contributed by atoms with Crippen LogP contribution in [-0.2, 0) is 0 Å². The number of anilines is 1. The maximum Gasteiger partial charge on any atom is 0.183 e. The molecular formula is C13H7F2N5. The molecule has 5 nitrogen and oxygen atoms in total. The molecule has 0 unspecified atom stereocenters. The minimum Gasteiger partial charge on any atom is -0.381 e. The average Bonchev–Trinajstić information content (AvgIpc) is 2.86. The summed E-state index contributed by atoms with van der Waals surface area (Å²) in [6, 6.07) is 4.50. The van der Waals surface area contributed by atoms with E-state index in [-0.39, 0.29) is 22.7 Å². The van der Waals surface area contributed by atoms with Crippen molar-refractivity contribution in [3.63, 3.8) is 0 Å². The van der Waals surface area contributed by atoms with E-state index in [1.807, 2.05) is 6.07 Å². The van der Waals surface area contributed by atoms with Crippen LogP contribution < -0.4 is 5.73 Å². The number of nitriles is 1. The highest BCUT2D eigenvalue weighted by atomic mass is 19.1. The Bertz CT molecular complexity index is 863. The number of nitrogens with zero attached hydrogens (tertiary/aromatic N) is 3. The van der Waals surface area contributed by atoms with Gasteiger partial charge < -0.3 is 10.7 Å². The van der Waals surface area contributed by atoms with Gasteiger partial charge in [0, 0.05) is 17.1 Å². The summed E-state index contributed by atoms with van der Waals surface area (Å²) in [4.78, 5) is 10.4. The Morgan fingerprint density at radius 2 is 2.05 bits per heavy atom. The van der Waals surface area contributed by atoms with Crippen molar-refractivity contribution in [1.82, 2.24) is 15.0 Å². The van der Waals surface area contributed by atoms with Crippen molar-refractivity contribution in [2.45, 2.75) is 0 Å². The molecule has 0 fully saturated rings. The molecular weight excluding hydrogens is 264 g/mol. The molecule has 0 saturated carbocycles. The van der Waals surface area contributed by atoms with Crippen LogP contribution in [0.2, 0.25) is 0 Å². The Morgan fingerprint density at radius 3 is 2.75 bits per heavy atom. The zero-order chi connectivity index (χ0) is 14.3. The summed E-state index contributed by atoms with van der Waals surface area (Å²) >= 11 is 0. The van der Waals surface area contributed by atoms with Crippen LogP contribution in [0.4, 0.5) is 14.6 Å². The number of H-pyrrole nitrogens is 1. The van der Waals surface area contributed by atoms with E-state index in [0.29, 0.717) is 10.9 Å². The van der Waals surface area contributed by atoms with E-state index in [2.05, 4.69) is 15.0 Å². The maximum absolute atomic E-state index is 13.8. The molecule has 0 spiro atoms. The van der Waals surface area contributed by atoms with Crippen molar-refractivity contribution in [3.05, 3.63) is 41.7 Å². The lowest BCUT2D eigenvalue weighted by molar-refractivity contribution is 0.620. The van der Waals surface area contributed by atoms with Crippen LogP contribution in [0.3, 0.4) is 0 Å². The predicted octanol–water partition coefficient (Wildman–Crippen LogP) is 2.36. The maximum atomic E-state index is 13.8. The van der Waals surface area contributed by atoms with Crippen molar-refractivity contribution < 1.29 is 8.78 Å². The molecule has 0 radical (unpaired) electrons. The largest absolute Gasteiger partial charge is 0.381 e. The van der Waals surface area contributed by atoms with E-state index in [1.165, 1.54) is 12.3 Å². The van der Waals surface area contributed by atoms with Crippen molar-refractivity contribution >= 4 is 16.7 Å². The first-order valence-corrected chi connectivity index (χ1v) is 5.59. The summed E-state index contributed by atoms with van der Waals surface area (Å²) in [5.41, 5.74) is 6.24. The van der Waals surface area contributed by atoms with E-state index in [1.54, 1.807) is 0 Å². The zero-order valence-electron chi connectivity index (χ0n) is 9.98. The molecule has 20 heavy (non-hydrogen) atoms. The van der Waals surface area contributed by atoms with Gasteiger partial charge in [-0.15, -0.1) is 0 Å². The van der Waals surface area contributed by atoms with Crippen LogP contribution in [0.15, 0.2) is 24.5 Å². The highest BCUT2D eigenvalue weighted by molar-refractivity contribution is 5.95. The number of benzene rings is 1. The van der Waals surface area contributed by atoms with Crippen molar-refractivity contribution in [1.29, 1.82) is 5.26 Å². The molecule has 3 rings (SSSR count). The summed E-state index contributed by atoms with van der Waals surface area (Å²) in [7, 11) is 0. The van der Waals surface area contributed by atoms with E-state index in [4.69, 9.17) is 11.0 Å². The molecule has 3 aromatic rings. The standard InChI is InChI=1S/C13H7F2N5/c14-9-2-6(3-16)1-7-8(4-18-11(7)9)13-19-5-10(15)12(17)20-13/h1-2,4-5,18H,(H2,17,19,20). The Labute approximate surface area is 111 Å². The Morgan fingerprint density at radius 1 is 1.25 bits per heavy atom. The summed E-state index contributed by atoms with van der Waals surface area (Å²) in [6.07, 6.45) is 2.43. The second-order valence-electron chi connectivity index (χ2n) is 4.12. The lowest BCUT2D eigenvalue weighted by Crippen LogP contribution is -1.98. The number of aromatic amines is 1. The molecule has 0 aliphatic rings. The molecule has 2 heterocycles. The third-order valence-corrected chi connectivity index (χ3v) is 2.88. The fourth-order valence-electron chi connectivity index (χ4n) is 1.95. The second kappa shape index (κ2) is 4.28. The van der Waals surface area contributed by atoms with Gasteiger partial charge in [0.05, 0.1) is 23.3 Å². The van der Waals surface area contributed by atoms with Crippen molar-refractivity contribution in [3.8, 4) is 17.5 Å². The van der Waals surface area contributed by atoms with Gasteiger partial charge in [-0.2, -0.15) is 5.26 Å². The Hall–Kier alpha value is -3.01. The highest BCUT2D eigenvalue weighted by Gasteiger charge is 2.14. The number of halogens is 2. The lowest BCUT2D eigenvalue weighted by atomic mass is 10.1. The van der Waals surface area contributed by atoms with Gasteiger partial charge in [0.25, 0.3) is 0 Å². The molecule has 0 amide bonds. The van der Waals surface area contributed by atoms with Crippen LogP contribution in [0, 0.1) is 23.0 Å². The number of nitrogens with two attached hydrogens (primary N) is 1. The number of rotatable bonds is 1. The predicted molar refractivity (Wildman–Crippen MR) is 68.4 cm³/mol. The van der Waals surface area contributed by atoms with Gasteiger partial charge in [-0.25, -0.2) is 18.7 Å². The summed E-state index contributed by atoms with van der Waals surface area (Å²) in [5, 5.41) is 9.31. The van der Waals surface area contributed by atoms with Crippen LogP contribution in [0.25, 0.3) is 22.3 Å². The zero-order valence-corrected chi connectivity index (χ0v) is 9.98. The first-order valence-electron chi connectivity index (χ1n) is 5.59. The van der Waals surface area contributed by atoms with Gasteiger partial charge in [0.15, 0.2) is 17.5 Å². The number of aromatic nitrogens is 3. The molecule has 7 heteroatoms. The van der Waals surface area contributed by atoms with E-state index >= 15 is 0 Å². The number of hydrogen-bond acceptors (Lipinski definition) is 4. The molecule has 98 valence electrons. The highest BCUT2D eigenvalue weighted by Crippen LogP contribution is 2.29. The molecule has 1 aromatic carbocycles. The third kappa shape index (κ3) is 1.75. The monoisotopic (exact) mass is 271 g/mol. The number of nitrogen functional groups attached to an aromatic ring is 1. The van der Waals surface area contributed by atoms with Gasteiger partial charge in [0.1, 0.15) is 5.82 Å². The number of nitrogens with one attached hydrogen (secondary N) is 1. The fourth-order valence-corrected chi connectivity index (χ4v) is 1.95. The first kappa shape index (κ1) is 12.0. The van der Waals surface area contributed by atoms with Crippen LogP contribution in [-0.4, -0.2) is 15.0 Å². The SMILES string of the molecule is N#Cc1cc(F)c2[nH]cc(-c3ncc(F)c(N)n3)c2c1. The third-order valence-electron chi connectivity index (χ3n) is 2.88. The summed E-state index contributed by atoms with van der Waals surface area (Å²) in [5.74, 6) is -1.41. The van der Waals surface area contributed by atoms with Crippen LogP contribution >= 0.6 is 0 Å². The normalized spacial score (nSPS) is 10.7. The molecule has 2 aromatic heterocycles. The number of hydrogen-bond donors (Lipinski definition) is 2. The quantitative estimate of drug-likeness (QED) is 0.710. The van der Waals surface area contributed by atoms with E-state index < -0.39 is 11.6 Å². The smallest absolute Gasteiger partial charge is 0.183 e. The van der Waals surface area contributed by atoms with E-state index in [9.17, 15) is 8.78 Å². The summed E-state index contributed by atoms with van der Waals surface area (Å²) in [6.45, 7) is 0. The van der Waals surface area contributed by atoms with Crippen molar-refractivity contribution in [2.24, 2.45) is 0 Å². The Balaban J connectivity index is 2.29. The van der Waals surface area contributed by atoms with Gasteiger partial charge in [-0.05, 0) is 12.1 Å². The summed E-state index contributed by atoms with van der Waals surface area (Å²) < 4.78 is 26.9.